The van der Waals surface area contributed by atoms with Crippen LogP contribution in [0.5, 0.6) is 0 Å². The van der Waals surface area contributed by atoms with Crippen molar-refractivity contribution in [2.45, 2.75) is 57.3 Å². The van der Waals surface area contributed by atoms with E-state index >= 15 is 0 Å². The Morgan fingerprint density at radius 1 is 1.15 bits per heavy atom. The Kier molecular flexibility index (Phi) is 7.19. The van der Waals surface area contributed by atoms with Crippen molar-refractivity contribution in [1.82, 2.24) is 19.5 Å². The lowest BCUT2D eigenvalue weighted by molar-refractivity contribution is -0.0501. The first-order valence-electron chi connectivity index (χ1n) is 11.2. The minimum absolute atomic E-state index is 0.198. The summed E-state index contributed by atoms with van der Waals surface area (Å²) in [5, 5.41) is 33.8. The molecule has 0 amide bonds. The van der Waals surface area contributed by atoms with E-state index in [2.05, 4.69) is 27.2 Å². The summed E-state index contributed by atoms with van der Waals surface area (Å²) in [6.45, 7) is 2.14. The number of anilines is 2. The number of nitrogen functional groups attached to an aromatic ring is 1. The lowest BCUT2D eigenvalue weighted by Gasteiger charge is -2.20. The number of imidazole rings is 1. The number of hydrogen-bond donors (Lipinski definition) is 5. The summed E-state index contributed by atoms with van der Waals surface area (Å²) >= 11 is 0. The molecule has 3 aromatic rings. The molecule has 10 heteroatoms. The summed E-state index contributed by atoms with van der Waals surface area (Å²) in [5.41, 5.74) is 7.95. The highest BCUT2D eigenvalue weighted by atomic mass is 16.6. The smallest absolute Gasteiger partial charge is 0.207 e. The first-order chi connectivity index (χ1) is 16.0. The summed E-state index contributed by atoms with van der Waals surface area (Å²) in [6.07, 6.45) is 2.33. The van der Waals surface area contributed by atoms with Crippen LogP contribution in [0.15, 0.2) is 36.4 Å². The van der Waals surface area contributed by atoms with Gasteiger partial charge < -0.3 is 31.1 Å². The Balaban J connectivity index is 1.75. The van der Waals surface area contributed by atoms with E-state index in [4.69, 9.17) is 10.5 Å². The van der Waals surface area contributed by atoms with Crippen LogP contribution in [0.2, 0.25) is 0 Å². The maximum atomic E-state index is 10.7. The highest BCUT2D eigenvalue weighted by molar-refractivity contribution is 5.85. The van der Waals surface area contributed by atoms with Gasteiger partial charge in [0.2, 0.25) is 5.95 Å². The van der Waals surface area contributed by atoms with Crippen LogP contribution in [0, 0.1) is 0 Å². The molecule has 0 spiro atoms. The molecule has 3 heterocycles. The molecule has 1 fully saturated rings. The van der Waals surface area contributed by atoms with E-state index in [1.165, 1.54) is 0 Å². The van der Waals surface area contributed by atoms with E-state index in [9.17, 15) is 15.3 Å². The van der Waals surface area contributed by atoms with Crippen LogP contribution in [0.4, 0.5) is 11.8 Å². The van der Waals surface area contributed by atoms with Gasteiger partial charge in [-0.1, -0.05) is 56.2 Å². The number of nitrogens with zero attached hydrogens (tertiary/aromatic N) is 4. The van der Waals surface area contributed by atoms with Crippen LogP contribution < -0.4 is 11.1 Å². The lowest BCUT2D eigenvalue weighted by atomic mass is 10.1. The molecule has 0 unspecified atom stereocenters. The number of unbranched alkanes of at least 4 members (excludes halogenated alkanes) is 2. The maximum absolute atomic E-state index is 10.7. The number of allylic oxidation sites excluding steroid dienone is 1. The first-order valence-corrected chi connectivity index (χ1v) is 11.2. The second kappa shape index (κ2) is 10.3. The Hall–Kier alpha value is -3.05. The quantitative estimate of drug-likeness (QED) is 0.305. The van der Waals surface area contributed by atoms with E-state index in [0.717, 1.165) is 24.8 Å². The molecule has 10 nitrogen and oxygen atoms in total. The number of benzene rings is 1. The zero-order valence-electron chi connectivity index (χ0n) is 18.5. The average molecular weight is 455 g/mol. The molecule has 1 aromatic carbocycles. The van der Waals surface area contributed by atoms with E-state index in [1.807, 2.05) is 36.4 Å². The molecule has 0 saturated carbocycles. The molecule has 0 bridgehead atoms. The largest absolute Gasteiger partial charge is 0.394 e. The summed E-state index contributed by atoms with van der Waals surface area (Å²) in [6, 6.07) is 9.75. The monoisotopic (exact) mass is 454 g/mol. The number of hydrogen-bond acceptors (Lipinski definition) is 9. The first kappa shape index (κ1) is 23.1. The second-order valence-corrected chi connectivity index (χ2v) is 8.06. The van der Waals surface area contributed by atoms with E-state index in [-0.39, 0.29) is 5.82 Å². The van der Waals surface area contributed by atoms with E-state index in [0.29, 0.717) is 29.5 Å². The zero-order valence-corrected chi connectivity index (χ0v) is 18.5. The SMILES string of the molecule is CCCCC=Cc1nc(N)c2nc(NCc3ccccc3)n([C@@H]3O[C@H](CO)[C@@H](O)[C@H]3O)c2n1. The van der Waals surface area contributed by atoms with Crippen molar-refractivity contribution in [2.24, 2.45) is 0 Å². The summed E-state index contributed by atoms with van der Waals surface area (Å²) in [5.74, 6) is 0.971. The number of fused-ring (bicyclic) bond motifs is 1. The molecule has 1 saturated heterocycles. The Morgan fingerprint density at radius 2 is 1.94 bits per heavy atom. The third kappa shape index (κ3) is 4.83. The Morgan fingerprint density at radius 3 is 2.64 bits per heavy atom. The molecule has 0 radical (unpaired) electrons. The van der Waals surface area contributed by atoms with Gasteiger partial charge in [0.25, 0.3) is 0 Å². The number of rotatable bonds is 9. The van der Waals surface area contributed by atoms with Gasteiger partial charge >= 0.3 is 0 Å². The van der Waals surface area contributed by atoms with Gasteiger partial charge in [-0.05, 0) is 18.1 Å². The highest BCUT2D eigenvalue weighted by Gasteiger charge is 2.45. The minimum Gasteiger partial charge on any atom is -0.394 e. The Labute approximate surface area is 191 Å². The van der Waals surface area contributed by atoms with Gasteiger partial charge in [-0.15, -0.1) is 0 Å². The second-order valence-electron chi connectivity index (χ2n) is 8.06. The summed E-state index contributed by atoms with van der Waals surface area (Å²) < 4.78 is 7.36. The van der Waals surface area contributed by atoms with Crippen molar-refractivity contribution in [3.05, 3.63) is 47.8 Å². The van der Waals surface area contributed by atoms with Gasteiger partial charge in [-0.3, -0.25) is 4.57 Å². The predicted octanol–water partition coefficient (Wildman–Crippen LogP) is 1.84. The van der Waals surface area contributed by atoms with E-state index in [1.54, 1.807) is 10.6 Å². The standard InChI is InChI=1S/C23H30N6O4/c1-2-3-4-8-11-16-26-20(24)17-21(27-16)29(22-19(32)18(31)15(13-30)33-22)23(28-17)25-12-14-9-6-5-7-10-14/h5-11,15,18-19,22,30-32H,2-4,12-13H2,1H3,(H,25,28)(H2,24,26,27)/t15-,18-,19-,22-/m1/s1. The third-order valence-electron chi connectivity index (χ3n) is 5.64. The molecule has 0 aliphatic carbocycles. The molecule has 2 aromatic heterocycles. The number of ether oxygens (including phenoxy) is 1. The molecule has 1 aliphatic rings. The molecular formula is C23H30N6O4. The van der Waals surface area contributed by atoms with E-state index < -0.39 is 31.1 Å². The van der Waals surface area contributed by atoms with Gasteiger partial charge in [-0.25, -0.2) is 15.0 Å². The number of nitrogens with two attached hydrogens (primary N) is 1. The average Bonchev–Trinajstić information content (AvgIpc) is 3.33. The van der Waals surface area contributed by atoms with Crippen molar-refractivity contribution in [2.75, 3.05) is 17.7 Å². The molecular weight excluding hydrogens is 424 g/mol. The fourth-order valence-corrected chi connectivity index (χ4v) is 3.83. The summed E-state index contributed by atoms with van der Waals surface area (Å²) in [4.78, 5) is 13.5. The predicted molar refractivity (Wildman–Crippen MR) is 125 cm³/mol. The van der Waals surface area contributed by atoms with Crippen molar-refractivity contribution >= 4 is 29.0 Å². The topological polar surface area (TPSA) is 152 Å². The number of aromatic nitrogens is 4. The van der Waals surface area contributed by atoms with Crippen LogP contribution >= 0.6 is 0 Å². The van der Waals surface area contributed by atoms with Gasteiger partial charge in [0, 0.05) is 6.54 Å². The van der Waals surface area contributed by atoms with Gasteiger partial charge in [0.1, 0.15) is 18.3 Å². The molecule has 1 aliphatic heterocycles. The summed E-state index contributed by atoms with van der Waals surface area (Å²) in [7, 11) is 0. The van der Waals surface area contributed by atoms with Crippen LogP contribution in [-0.2, 0) is 11.3 Å². The highest BCUT2D eigenvalue weighted by Crippen LogP contribution is 2.35. The van der Waals surface area contributed by atoms with Gasteiger partial charge in [0.05, 0.1) is 6.61 Å². The molecule has 4 rings (SSSR count). The minimum atomic E-state index is -1.29. The third-order valence-corrected chi connectivity index (χ3v) is 5.64. The number of aliphatic hydroxyl groups is 3. The molecule has 4 atom stereocenters. The van der Waals surface area contributed by atoms with Crippen LogP contribution in [0.25, 0.3) is 17.2 Å². The number of nitrogens with one attached hydrogen (secondary N) is 1. The zero-order chi connectivity index (χ0) is 23.4. The van der Waals surface area contributed by atoms with Gasteiger partial charge in [-0.2, -0.15) is 0 Å². The van der Waals surface area contributed by atoms with Crippen molar-refractivity contribution in [3.63, 3.8) is 0 Å². The normalized spacial score (nSPS) is 23.0. The fraction of sp³-hybridized carbons (Fsp3) is 0.435. The Bertz CT molecular complexity index is 1100. The van der Waals surface area contributed by atoms with Crippen molar-refractivity contribution in [1.29, 1.82) is 0 Å². The lowest BCUT2D eigenvalue weighted by Crippen LogP contribution is -2.33. The molecule has 176 valence electrons. The number of aliphatic hydroxyl groups excluding tert-OH is 3. The molecule has 6 N–H and O–H groups in total. The van der Waals surface area contributed by atoms with Gasteiger partial charge in [0.15, 0.2) is 29.0 Å². The fourth-order valence-electron chi connectivity index (χ4n) is 3.83. The molecule has 33 heavy (non-hydrogen) atoms. The van der Waals surface area contributed by atoms with Crippen molar-refractivity contribution in [3.8, 4) is 0 Å². The van der Waals surface area contributed by atoms with Crippen molar-refractivity contribution < 1.29 is 20.1 Å². The van der Waals surface area contributed by atoms with Crippen LogP contribution in [0.3, 0.4) is 0 Å². The van der Waals surface area contributed by atoms with Crippen LogP contribution in [0.1, 0.15) is 43.8 Å². The maximum Gasteiger partial charge on any atom is 0.207 e. The van der Waals surface area contributed by atoms with Crippen LogP contribution in [-0.4, -0.2) is 59.8 Å².